The predicted octanol–water partition coefficient (Wildman–Crippen LogP) is 2.27. The summed E-state index contributed by atoms with van der Waals surface area (Å²) in [5.41, 5.74) is -0.619. The van der Waals surface area contributed by atoms with Crippen LogP contribution in [0.1, 0.15) is 40.0 Å². The Kier molecular flexibility index (Phi) is 5.82. The Labute approximate surface area is 118 Å². The average Bonchev–Trinajstić information content (AvgIpc) is 2.43. The molecular weight excluding hydrogens is 266 g/mol. The van der Waals surface area contributed by atoms with Crippen LogP contribution in [0.4, 0.5) is 5.69 Å². The quantitative estimate of drug-likeness (QED) is 0.807. The normalized spacial score (nSPS) is 11.6. The third kappa shape index (κ3) is 3.94. The first-order valence-electron chi connectivity index (χ1n) is 6.69. The molecule has 0 amide bonds. The van der Waals surface area contributed by atoms with Gasteiger partial charge in [0.25, 0.3) is 5.56 Å². The molecule has 0 aliphatic heterocycles. The number of anilines is 1. The number of rotatable bonds is 7. The molecule has 0 atom stereocenters. The van der Waals surface area contributed by atoms with Crippen LogP contribution < -0.4 is 10.9 Å². The van der Waals surface area contributed by atoms with Gasteiger partial charge in [0.15, 0.2) is 0 Å². The first-order valence-corrected chi connectivity index (χ1v) is 7.07. The molecule has 1 heterocycles. The van der Waals surface area contributed by atoms with Crippen molar-refractivity contribution in [3.05, 3.63) is 21.6 Å². The molecule has 1 rings (SSSR count). The van der Waals surface area contributed by atoms with Gasteiger partial charge in [-0.05, 0) is 19.3 Å². The van der Waals surface area contributed by atoms with E-state index >= 15 is 0 Å². The zero-order valence-electron chi connectivity index (χ0n) is 11.7. The maximum atomic E-state index is 11.9. The first kappa shape index (κ1) is 16.0. The summed E-state index contributed by atoms with van der Waals surface area (Å²) in [4.78, 5) is 11.9. The second-order valence-corrected chi connectivity index (χ2v) is 5.06. The van der Waals surface area contributed by atoms with Crippen molar-refractivity contribution in [3.63, 3.8) is 0 Å². The van der Waals surface area contributed by atoms with E-state index in [1.165, 1.54) is 10.9 Å². The van der Waals surface area contributed by atoms with Crippen LogP contribution in [-0.2, 0) is 6.54 Å². The Hall–Kier alpha value is -1.07. The Morgan fingerprint density at radius 2 is 2.05 bits per heavy atom. The molecule has 0 fully saturated rings. The smallest absolute Gasteiger partial charge is 0.287 e. The highest BCUT2D eigenvalue weighted by molar-refractivity contribution is 6.32. The molecule has 0 saturated carbocycles. The topological polar surface area (TPSA) is 67.2 Å². The third-order valence-electron chi connectivity index (χ3n) is 3.34. The molecule has 5 nitrogen and oxygen atoms in total. The minimum absolute atomic E-state index is 0.123. The van der Waals surface area contributed by atoms with E-state index in [1.807, 2.05) is 20.8 Å². The first-order chi connectivity index (χ1) is 8.97. The maximum absolute atomic E-state index is 11.9. The lowest BCUT2D eigenvalue weighted by Crippen LogP contribution is -2.36. The van der Waals surface area contributed by atoms with Crippen LogP contribution in [0.25, 0.3) is 0 Å². The highest BCUT2D eigenvalue weighted by Gasteiger charge is 2.22. The SMILES string of the molecule is CCCn1ncc(NCC(O)(CC)CC)c(Cl)c1=O. The molecule has 2 N–H and O–H groups in total. The van der Waals surface area contributed by atoms with Crippen molar-refractivity contribution in [1.29, 1.82) is 0 Å². The van der Waals surface area contributed by atoms with Gasteiger partial charge < -0.3 is 10.4 Å². The number of nitrogens with zero attached hydrogens (tertiary/aromatic N) is 2. The molecule has 6 heteroatoms. The van der Waals surface area contributed by atoms with Crippen LogP contribution in [0, 0.1) is 0 Å². The van der Waals surface area contributed by atoms with Gasteiger partial charge in [-0.1, -0.05) is 32.4 Å². The van der Waals surface area contributed by atoms with Gasteiger partial charge in [-0.15, -0.1) is 0 Å². The summed E-state index contributed by atoms with van der Waals surface area (Å²) in [6.45, 7) is 6.71. The molecule has 0 spiro atoms. The van der Waals surface area contributed by atoms with Gasteiger partial charge in [-0.2, -0.15) is 5.10 Å². The fourth-order valence-corrected chi connectivity index (χ4v) is 1.93. The van der Waals surface area contributed by atoms with Crippen LogP contribution >= 0.6 is 11.6 Å². The van der Waals surface area contributed by atoms with Crippen molar-refractivity contribution in [2.45, 2.75) is 52.2 Å². The summed E-state index contributed by atoms with van der Waals surface area (Å²) in [5.74, 6) is 0. The summed E-state index contributed by atoms with van der Waals surface area (Å²) >= 11 is 6.03. The lowest BCUT2D eigenvalue weighted by Gasteiger charge is -2.26. The molecule has 0 radical (unpaired) electrons. The standard InChI is InChI=1S/C13H22ClN3O2/c1-4-7-17-12(18)11(14)10(8-16-17)15-9-13(19,5-2)6-3/h8,15,19H,4-7,9H2,1-3H3. The van der Waals surface area contributed by atoms with Crippen molar-refractivity contribution < 1.29 is 5.11 Å². The zero-order valence-corrected chi connectivity index (χ0v) is 12.5. The molecule has 19 heavy (non-hydrogen) atoms. The molecule has 108 valence electrons. The number of halogens is 1. The number of aromatic nitrogens is 2. The molecule has 0 aliphatic rings. The molecule has 1 aromatic heterocycles. The molecule has 0 unspecified atom stereocenters. The molecule has 1 aromatic rings. The van der Waals surface area contributed by atoms with Gasteiger partial charge >= 0.3 is 0 Å². The number of aryl methyl sites for hydroxylation is 1. The lowest BCUT2D eigenvalue weighted by molar-refractivity contribution is 0.0457. The van der Waals surface area contributed by atoms with Crippen LogP contribution in [0.15, 0.2) is 11.0 Å². The van der Waals surface area contributed by atoms with E-state index in [1.54, 1.807) is 0 Å². The van der Waals surface area contributed by atoms with Gasteiger partial charge in [0.1, 0.15) is 5.02 Å². The van der Waals surface area contributed by atoms with E-state index in [0.717, 1.165) is 6.42 Å². The second kappa shape index (κ2) is 6.91. The third-order valence-corrected chi connectivity index (χ3v) is 3.71. The predicted molar refractivity (Wildman–Crippen MR) is 77.8 cm³/mol. The van der Waals surface area contributed by atoms with E-state index in [2.05, 4.69) is 10.4 Å². The number of nitrogens with one attached hydrogen (secondary N) is 1. The van der Waals surface area contributed by atoms with Crippen LogP contribution in [0.2, 0.25) is 5.02 Å². The van der Waals surface area contributed by atoms with Gasteiger partial charge in [0.05, 0.1) is 17.5 Å². The van der Waals surface area contributed by atoms with Crippen molar-refractivity contribution >= 4 is 17.3 Å². The van der Waals surface area contributed by atoms with Crippen LogP contribution in [0.5, 0.6) is 0 Å². The molecule has 0 aliphatic carbocycles. The highest BCUT2D eigenvalue weighted by Crippen LogP contribution is 2.19. The summed E-state index contributed by atoms with van der Waals surface area (Å²) < 4.78 is 1.35. The Balaban J connectivity index is 2.86. The van der Waals surface area contributed by atoms with Crippen LogP contribution in [-0.4, -0.2) is 27.0 Å². The van der Waals surface area contributed by atoms with E-state index in [4.69, 9.17) is 11.6 Å². The summed E-state index contributed by atoms with van der Waals surface area (Å²) in [7, 11) is 0. The van der Waals surface area contributed by atoms with Crippen molar-refractivity contribution in [1.82, 2.24) is 9.78 Å². The largest absolute Gasteiger partial charge is 0.388 e. The van der Waals surface area contributed by atoms with Gasteiger partial charge in [0, 0.05) is 13.1 Å². The fraction of sp³-hybridized carbons (Fsp3) is 0.692. The fourth-order valence-electron chi connectivity index (χ4n) is 1.72. The van der Waals surface area contributed by atoms with Crippen LogP contribution in [0.3, 0.4) is 0 Å². The lowest BCUT2D eigenvalue weighted by atomic mass is 9.97. The number of hydrogen-bond acceptors (Lipinski definition) is 4. The van der Waals surface area contributed by atoms with Crippen molar-refractivity contribution in [3.8, 4) is 0 Å². The molecule has 0 aromatic carbocycles. The molecule has 0 bridgehead atoms. The minimum Gasteiger partial charge on any atom is -0.388 e. The molecular formula is C13H22ClN3O2. The Bertz CT molecular complexity index is 469. The van der Waals surface area contributed by atoms with E-state index in [0.29, 0.717) is 31.6 Å². The van der Waals surface area contributed by atoms with Crippen molar-refractivity contribution in [2.75, 3.05) is 11.9 Å². The average molecular weight is 288 g/mol. The van der Waals surface area contributed by atoms with Gasteiger partial charge in [0.2, 0.25) is 0 Å². The number of hydrogen-bond donors (Lipinski definition) is 2. The van der Waals surface area contributed by atoms with Gasteiger partial charge in [-0.3, -0.25) is 4.79 Å². The Morgan fingerprint density at radius 3 is 2.58 bits per heavy atom. The summed E-state index contributed by atoms with van der Waals surface area (Å²) in [6, 6.07) is 0. The molecule has 0 saturated heterocycles. The minimum atomic E-state index is -0.790. The summed E-state index contributed by atoms with van der Waals surface area (Å²) in [6.07, 6.45) is 3.62. The van der Waals surface area contributed by atoms with E-state index < -0.39 is 5.60 Å². The second-order valence-electron chi connectivity index (χ2n) is 4.69. The maximum Gasteiger partial charge on any atom is 0.287 e. The number of aliphatic hydroxyl groups is 1. The van der Waals surface area contributed by atoms with E-state index in [-0.39, 0.29) is 10.6 Å². The van der Waals surface area contributed by atoms with Crippen molar-refractivity contribution in [2.24, 2.45) is 0 Å². The highest BCUT2D eigenvalue weighted by atomic mass is 35.5. The van der Waals surface area contributed by atoms with Gasteiger partial charge in [-0.25, -0.2) is 4.68 Å². The zero-order chi connectivity index (χ0) is 14.5. The monoisotopic (exact) mass is 287 g/mol. The Morgan fingerprint density at radius 1 is 1.42 bits per heavy atom. The van der Waals surface area contributed by atoms with E-state index in [9.17, 15) is 9.90 Å². The summed E-state index contributed by atoms with van der Waals surface area (Å²) in [5, 5.41) is 17.4.